The van der Waals surface area contributed by atoms with Gasteiger partial charge in [-0.25, -0.2) is 14.2 Å². The van der Waals surface area contributed by atoms with Gasteiger partial charge in [-0.15, -0.1) is 11.6 Å². The van der Waals surface area contributed by atoms with Crippen LogP contribution >= 0.6 is 11.6 Å². The molecule has 0 saturated heterocycles. The number of allylic oxidation sites excluding steroid dienone is 1. The number of rotatable bonds is 12. The van der Waals surface area contributed by atoms with Crippen LogP contribution in [0, 0.1) is 5.92 Å². The highest BCUT2D eigenvalue weighted by Crippen LogP contribution is 2.49. The van der Waals surface area contributed by atoms with Crippen molar-refractivity contribution in [3.05, 3.63) is 89.5 Å². The lowest BCUT2D eigenvalue weighted by molar-refractivity contribution is 0.142. The summed E-state index contributed by atoms with van der Waals surface area (Å²) in [5, 5.41) is 14.2. The lowest BCUT2D eigenvalue weighted by Crippen LogP contribution is -2.58. The molecule has 1 amide bonds. The van der Waals surface area contributed by atoms with E-state index in [4.69, 9.17) is 16.6 Å². The van der Waals surface area contributed by atoms with E-state index in [1.807, 2.05) is 32.0 Å². The molecule has 1 aliphatic rings. The van der Waals surface area contributed by atoms with Crippen LogP contribution in [-0.2, 0) is 19.9 Å². The van der Waals surface area contributed by atoms with Crippen molar-refractivity contribution < 1.29 is 14.3 Å². The maximum absolute atomic E-state index is 15.9. The number of aromatic nitrogens is 2. The van der Waals surface area contributed by atoms with Gasteiger partial charge in [-0.05, 0) is 85.3 Å². The second-order valence-corrected chi connectivity index (χ2v) is 13.1. The molecule has 0 bridgehead atoms. The first-order valence-corrected chi connectivity index (χ1v) is 16.2. The first-order chi connectivity index (χ1) is 21.1. The minimum atomic E-state index is -1.39. The fourth-order valence-electron chi connectivity index (χ4n) is 7.09. The zero-order chi connectivity index (χ0) is 31.4. The number of likely N-dealkylation sites (N-methyl/N-ethyl adjacent to an activating group) is 1. The van der Waals surface area contributed by atoms with E-state index in [9.17, 15) is 9.90 Å². The van der Waals surface area contributed by atoms with Gasteiger partial charge in [-0.1, -0.05) is 68.8 Å². The Morgan fingerprint density at radius 3 is 2.59 bits per heavy atom. The van der Waals surface area contributed by atoms with Gasteiger partial charge in [0, 0.05) is 25.9 Å². The van der Waals surface area contributed by atoms with Crippen molar-refractivity contribution in [3.63, 3.8) is 0 Å². The number of amides is 1. The molecule has 4 aromatic rings. The van der Waals surface area contributed by atoms with Crippen molar-refractivity contribution in [2.24, 2.45) is 13.0 Å². The summed E-state index contributed by atoms with van der Waals surface area (Å²) < 4.78 is 18.1. The van der Waals surface area contributed by atoms with E-state index in [1.165, 1.54) is 11.6 Å². The van der Waals surface area contributed by atoms with Gasteiger partial charge < -0.3 is 19.9 Å². The zero-order valence-corrected chi connectivity index (χ0v) is 26.9. The minimum absolute atomic E-state index is 0.324. The van der Waals surface area contributed by atoms with Gasteiger partial charge in [0.25, 0.3) is 0 Å². The third-order valence-corrected chi connectivity index (χ3v) is 9.78. The molecule has 3 atom stereocenters. The summed E-state index contributed by atoms with van der Waals surface area (Å²) in [7, 11) is 4.24. The van der Waals surface area contributed by atoms with Crippen LogP contribution < -0.4 is 5.32 Å². The number of carbonyl (C=O) groups is 1. The van der Waals surface area contributed by atoms with E-state index in [1.54, 1.807) is 0 Å². The Hall–Kier alpha value is -3.42. The minimum Gasteiger partial charge on any atom is -0.465 e. The van der Waals surface area contributed by atoms with Gasteiger partial charge in [0.15, 0.2) is 0 Å². The molecule has 234 valence electrons. The summed E-state index contributed by atoms with van der Waals surface area (Å²) in [6.45, 7) is 5.55. The number of alkyl halides is 1. The number of carboxylic acid groups (broad SMARTS) is 1. The molecule has 0 spiro atoms. The number of fused-ring (bicyclic) bond motifs is 2. The van der Waals surface area contributed by atoms with Crippen LogP contribution in [-0.4, -0.2) is 56.7 Å². The fraction of sp³-hybridized carbons (Fsp3) is 0.444. The Bertz CT molecular complexity index is 1650. The summed E-state index contributed by atoms with van der Waals surface area (Å²) >= 11 is 6.57. The highest BCUT2D eigenvalue weighted by Gasteiger charge is 2.51. The first-order valence-electron chi connectivity index (χ1n) is 15.7. The van der Waals surface area contributed by atoms with Crippen molar-refractivity contribution in [2.45, 2.75) is 69.2 Å². The van der Waals surface area contributed by atoms with Gasteiger partial charge in [-0.2, -0.15) is 0 Å². The second kappa shape index (κ2) is 13.7. The highest BCUT2D eigenvalue weighted by atomic mass is 35.5. The standard InChI is InChI=1S/C36H44ClFN4O2/c1-24(2)36(40-35(43)44)30(22-26(37)23-33(36)38)29-18-17-25-12-7-8-13-27(25)28(29)19-21-41(3)20-11-5-6-16-34-39-31-14-9-10-15-32(31)42(34)4/h7-10,12-15,17-18,23-24,26,30,40H,5-6,11,16,19-22H2,1-4H3,(H,43,44)/t26?,30-,36-/m0/s1. The van der Waals surface area contributed by atoms with Crippen LogP contribution in [0.4, 0.5) is 9.18 Å². The normalized spacial score (nSPS) is 20.5. The molecule has 1 heterocycles. The van der Waals surface area contributed by atoms with E-state index in [0.29, 0.717) is 6.42 Å². The summed E-state index contributed by atoms with van der Waals surface area (Å²) in [6.07, 6.45) is 5.61. The van der Waals surface area contributed by atoms with Crippen molar-refractivity contribution in [3.8, 4) is 0 Å². The van der Waals surface area contributed by atoms with Crippen LogP contribution in [0.5, 0.6) is 0 Å². The zero-order valence-electron chi connectivity index (χ0n) is 26.2. The van der Waals surface area contributed by atoms with Crippen molar-refractivity contribution in [2.75, 3.05) is 20.1 Å². The average molecular weight is 619 g/mol. The summed E-state index contributed by atoms with van der Waals surface area (Å²) in [5.41, 5.74) is 2.94. The Labute approximate surface area is 264 Å². The molecule has 0 fully saturated rings. The summed E-state index contributed by atoms with van der Waals surface area (Å²) in [6, 6.07) is 20.6. The van der Waals surface area contributed by atoms with Gasteiger partial charge >= 0.3 is 6.09 Å². The van der Waals surface area contributed by atoms with Crippen molar-refractivity contribution in [1.29, 1.82) is 0 Å². The topological polar surface area (TPSA) is 70.4 Å². The smallest absolute Gasteiger partial charge is 0.405 e. The van der Waals surface area contributed by atoms with Crippen molar-refractivity contribution in [1.82, 2.24) is 19.8 Å². The molecule has 0 radical (unpaired) electrons. The van der Waals surface area contributed by atoms with Gasteiger partial charge in [0.1, 0.15) is 17.2 Å². The summed E-state index contributed by atoms with van der Waals surface area (Å²) in [4.78, 5) is 19.2. The second-order valence-electron chi connectivity index (χ2n) is 12.6. The largest absolute Gasteiger partial charge is 0.465 e. The number of para-hydroxylation sites is 2. The number of aryl methyl sites for hydroxylation is 2. The molecule has 0 aliphatic heterocycles. The van der Waals surface area contributed by atoms with Crippen LogP contribution in [0.3, 0.4) is 0 Å². The Morgan fingerprint density at radius 2 is 1.84 bits per heavy atom. The number of nitrogens with one attached hydrogen (secondary N) is 1. The lowest BCUT2D eigenvalue weighted by atomic mass is 9.65. The SMILES string of the molecule is CC(C)[C@@]1(NC(=O)O)C(F)=CC(Cl)C[C@H]1c1ccc2ccccc2c1CCN(C)CCCCCc1nc2ccccc2n1C. The summed E-state index contributed by atoms with van der Waals surface area (Å²) in [5.74, 6) is -0.138. The van der Waals surface area contributed by atoms with Crippen LogP contribution in [0.2, 0.25) is 0 Å². The molecule has 1 aromatic heterocycles. The van der Waals surface area contributed by atoms with Crippen LogP contribution in [0.25, 0.3) is 21.8 Å². The predicted octanol–water partition coefficient (Wildman–Crippen LogP) is 8.22. The number of unbranched alkanes of at least 4 members (excludes halogenated alkanes) is 2. The van der Waals surface area contributed by atoms with Gasteiger partial charge in [0.05, 0.1) is 16.4 Å². The average Bonchev–Trinajstić information content (AvgIpc) is 3.31. The number of benzene rings is 3. The lowest BCUT2D eigenvalue weighted by Gasteiger charge is -2.47. The number of hydrogen-bond donors (Lipinski definition) is 2. The molecule has 1 unspecified atom stereocenters. The molecule has 2 N–H and O–H groups in total. The Balaban J connectivity index is 1.30. The molecule has 0 saturated carbocycles. The molecule has 5 rings (SSSR count). The van der Waals surface area contributed by atoms with E-state index >= 15 is 4.39 Å². The first kappa shape index (κ1) is 32.0. The monoisotopic (exact) mass is 618 g/mol. The number of halogens is 2. The van der Waals surface area contributed by atoms with E-state index in [-0.39, 0.29) is 5.92 Å². The van der Waals surface area contributed by atoms with Crippen LogP contribution in [0.1, 0.15) is 62.4 Å². The molecule has 44 heavy (non-hydrogen) atoms. The van der Waals surface area contributed by atoms with Gasteiger partial charge in [0.2, 0.25) is 0 Å². The van der Waals surface area contributed by atoms with E-state index < -0.39 is 28.8 Å². The fourth-order valence-corrected chi connectivity index (χ4v) is 7.38. The molecule has 3 aromatic carbocycles. The predicted molar refractivity (Wildman–Crippen MR) is 178 cm³/mol. The third-order valence-electron chi connectivity index (χ3n) is 9.47. The maximum atomic E-state index is 15.9. The molecular weight excluding hydrogens is 575 g/mol. The molecule has 1 aliphatic carbocycles. The molecule has 8 heteroatoms. The number of imidazole rings is 1. The van der Waals surface area contributed by atoms with Crippen LogP contribution in [0.15, 0.2) is 72.6 Å². The van der Waals surface area contributed by atoms with Gasteiger partial charge in [-0.3, -0.25) is 0 Å². The maximum Gasteiger partial charge on any atom is 0.405 e. The number of hydrogen-bond acceptors (Lipinski definition) is 3. The highest BCUT2D eigenvalue weighted by molar-refractivity contribution is 6.22. The molecule has 6 nitrogen and oxygen atoms in total. The number of nitrogens with zero attached hydrogens (tertiary/aromatic N) is 3. The third kappa shape index (κ3) is 6.50. The quantitative estimate of drug-likeness (QED) is 0.124. The molecular formula is C36H44ClFN4O2. The Kier molecular flexibility index (Phi) is 9.96. The van der Waals surface area contributed by atoms with E-state index in [0.717, 1.165) is 78.4 Å². The van der Waals surface area contributed by atoms with E-state index in [2.05, 4.69) is 71.3 Å². The Morgan fingerprint density at radius 1 is 1.09 bits per heavy atom. The van der Waals surface area contributed by atoms with Crippen molar-refractivity contribution >= 4 is 39.5 Å².